The molecule has 3 unspecified atom stereocenters. The number of rotatable bonds is 6. The van der Waals surface area contributed by atoms with Crippen LogP contribution in [0.5, 0.6) is 11.5 Å². The summed E-state index contributed by atoms with van der Waals surface area (Å²) in [5.41, 5.74) is 8.40. The molecule has 7 nitrogen and oxygen atoms in total. The normalized spacial score (nSPS) is 23.5. The molecule has 2 aliphatic heterocycles. The predicted octanol–water partition coefficient (Wildman–Crippen LogP) is 1.36. The first-order valence-corrected chi connectivity index (χ1v) is 9.99. The van der Waals surface area contributed by atoms with E-state index >= 15 is 0 Å². The molecule has 29 heavy (non-hydrogen) atoms. The van der Waals surface area contributed by atoms with Crippen molar-refractivity contribution in [3.05, 3.63) is 59.7 Å². The van der Waals surface area contributed by atoms with Crippen LogP contribution in [0.1, 0.15) is 23.6 Å². The van der Waals surface area contributed by atoms with Gasteiger partial charge in [0.2, 0.25) is 5.91 Å². The Bertz CT molecular complexity index is 812. The lowest BCUT2D eigenvalue weighted by Gasteiger charge is -2.29. The smallest absolute Gasteiger partial charge is 0.239 e. The average molecular weight is 396 g/mol. The highest BCUT2D eigenvalue weighted by atomic mass is 16.5. The molecule has 2 fully saturated rings. The maximum Gasteiger partial charge on any atom is 0.239 e. The van der Waals surface area contributed by atoms with E-state index in [2.05, 4.69) is 21.5 Å². The molecule has 4 N–H and O–H groups in total. The first kappa shape index (κ1) is 19.7. The van der Waals surface area contributed by atoms with Crippen LogP contribution in [0.4, 0.5) is 0 Å². The molecule has 0 aromatic heterocycles. The molecule has 2 aromatic rings. The second kappa shape index (κ2) is 8.82. The van der Waals surface area contributed by atoms with E-state index in [-0.39, 0.29) is 23.9 Å². The Balaban J connectivity index is 1.62. The fourth-order valence-corrected chi connectivity index (χ4v) is 4.21. The van der Waals surface area contributed by atoms with E-state index in [9.17, 15) is 4.79 Å². The summed E-state index contributed by atoms with van der Waals surface area (Å²) in [6.07, 6.45) is 1.01. The highest BCUT2D eigenvalue weighted by Gasteiger charge is 2.41. The summed E-state index contributed by atoms with van der Waals surface area (Å²) in [6.45, 7) is 1.80. The molecular formula is C22H28N4O3. The van der Waals surface area contributed by atoms with Crippen LogP contribution in [-0.4, -0.2) is 45.3 Å². The molecule has 0 radical (unpaired) electrons. The van der Waals surface area contributed by atoms with Crippen LogP contribution < -0.4 is 31.0 Å². The third-order valence-electron chi connectivity index (χ3n) is 5.80. The second-order valence-corrected chi connectivity index (χ2v) is 7.52. The third kappa shape index (κ3) is 4.22. The predicted molar refractivity (Wildman–Crippen MR) is 111 cm³/mol. The lowest BCUT2D eigenvalue weighted by molar-refractivity contribution is -0.124. The van der Waals surface area contributed by atoms with Crippen molar-refractivity contribution >= 4 is 5.91 Å². The Morgan fingerprint density at radius 1 is 1.03 bits per heavy atom. The molecule has 0 aliphatic carbocycles. The Labute approximate surface area is 171 Å². The largest absolute Gasteiger partial charge is 0.497 e. The van der Waals surface area contributed by atoms with Gasteiger partial charge in [-0.15, -0.1) is 0 Å². The summed E-state index contributed by atoms with van der Waals surface area (Å²) in [5, 5.41) is 6.64. The summed E-state index contributed by atoms with van der Waals surface area (Å²) >= 11 is 0. The number of hydrogen-bond donors (Lipinski definition) is 4. The highest BCUT2D eigenvalue weighted by molar-refractivity contribution is 5.83. The van der Waals surface area contributed by atoms with Gasteiger partial charge >= 0.3 is 0 Å². The number of fused-ring (bicyclic) bond motifs is 1. The zero-order valence-electron chi connectivity index (χ0n) is 16.8. The number of carbonyl (C=O) groups is 1. The fourth-order valence-electron chi connectivity index (χ4n) is 4.21. The second-order valence-electron chi connectivity index (χ2n) is 7.52. The minimum atomic E-state index is -0.315. The van der Waals surface area contributed by atoms with Gasteiger partial charge < -0.3 is 20.1 Å². The molecule has 0 bridgehead atoms. The van der Waals surface area contributed by atoms with Crippen molar-refractivity contribution in [2.75, 3.05) is 27.3 Å². The third-order valence-corrected chi connectivity index (χ3v) is 5.80. The molecule has 0 saturated carbocycles. The molecular weight excluding hydrogens is 368 g/mol. The Hall–Kier alpha value is -2.61. The Morgan fingerprint density at radius 3 is 2.31 bits per heavy atom. The molecule has 0 spiro atoms. The number of amides is 1. The van der Waals surface area contributed by atoms with E-state index in [1.54, 1.807) is 14.2 Å². The molecule has 2 aliphatic rings. The van der Waals surface area contributed by atoms with E-state index in [0.717, 1.165) is 42.1 Å². The van der Waals surface area contributed by atoms with Gasteiger partial charge in [0.15, 0.2) is 0 Å². The number of ether oxygens (including phenoxy) is 2. The quantitative estimate of drug-likeness (QED) is 0.590. The minimum absolute atomic E-state index is 0.0238. The van der Waals surface area contributed by atoms with Crippen molar-refractivity contribution in [2.45, 2.75) is 24.5 Å². The Kier molecular flexibility index (Phi) is 5.99. The van der Waals surface area contributed by atoms with Crippen LogP contribution in [0.25, 0.3) is 0 Å². The van der Waals surface area contributed by atoms with Crippen molar-refractivity contribution in [1.82, 2.24) is 21.5 Å². The number of carbonyl (C=O) groups excluding carboxylic acids is 1. The monoisotopic (exact) mass is 396 g/mol. The van der Waals surface area contributed by atoms with Crippen LogP contribution in [0.15, 0.2) is 48.5 Å². The van der Waals surface area contributed by atoms with E-state index in [1.807, 2.05) is 48.5 Å². The van der Waals surface area contributed by atoms with Gasteiger partial charge in [0.1, 0.15) is 17.5 Å². The van der Waals surface area contributed by atoms with Crippen molar-refractivity contribution in [1.29, 1.82) is 0 Å². The van der Waals surface area contributed by atoms with Crippen LogP contribution in [0, 0.1) is 5.92 Å². The summed E-state index contributed by atoms with van der Waals surface area (Å²) in [5.74, 6) is 1.70. The van der Waals surface area contributed by atoms with Gasteiger partial charge in [-0.1, -0.05) is 24.3 Å². The number of benzene rings is 2. The maximum absolute atomic E-state index is 13.3. The Morgan fingerprint density at radius 2 is 1.69 bits per heavy atom. The SMILES string of the molecule is COc1cccc(C(NC(=O)C2NNC3CCNCC32)c2cccc(OC)c2)c1. The van der Waals surface area contributed by atoms with Crippen LogP contribution in [0.2, 0.25) is 0 Å². The molecule has 154 valence electrons. The lowest BCUT2D eigenvalue weighted by Crippen LogP contribution is -2.50. The summed E-state index contributed by atoms with van der Waals surface area (Å²) in [6, 6.07) is 15.3. The fraction of sp³-hybridized carbons (Fsp3) is 0.409. The topological polar surface area (TPSA) is 83.7 Å². The summed E-state index contributed by atoms with van der Waals surface area (Å²) in [4.78, 5) is 13.3. The van der Waals surface area contributed by atoms with E-state index in [1.165, 1.54) is 0 Å². The summed E-state index contributed by atoms with van der Waals surface area (Å²) < 4.78 is 10.8. The zero-order valence-corrected chi connectivity index (χ0v) is 16.8. The number of piperidine rings is 1. The van der Waals surface area contributed by atoms with Gasteiger partial charge in [-0.25, -0.2) is 5.43 Å². The van der Waals surface area contributed by atoms with Gasteiger partial charge in [0, 0.05) is 18.5 Å². The van der Waals surface area contributed by atoms with E-state index < -0.39 is 0 Å². The first-order valence-electron chi connectivity index (χ1n) is 9.99. The average Bonchev–Trinajstić information content (AvgIpc) is 3.21. The molecule has 3 atom stereocenters. The van der Waals surface area contributed by atoms with Gasteiger partial charge in [-0.05, 0) is 48.4 Å². The van der Waals surface area contributed by atoms with Gasteiger partial charge in [0.05, 0.1) is 20.3 Å². The number of hydrogen-bond acceptors (Lipinski definition) is 6. The molecule has 4 rings (SSSR count). The lowest BCUT2D eigenvalue weighted by atomic mass is 9.88. The highest BCUT2D eigenvalue weighted by Crippen LogP contribution is 2.29. The van der Waals surface area contributed by atoms with Crippen molar-refractivity contribution < 1.29 is 14.3 Å². The number of nitrogens with one attached hydrogen (secondary N) is 4. The van der Waals surface area contributed by atoms with Crippen LogP contribution in [0.3, 0.4) is 0 Å². The molecule has 2 aromatic carbocycles. The first-order chi connectivity index (χ1) is 14.2. The maximum atomic E-state index is 13.3. The number of methoxy groups -OCH3 is 2. The van der Waals surface area contributed by atoms with Crippen LogP contribution in [-0.2, 0) is 4.79 Å². The molecule has 2 heterocycles. The van der Waals surface area contributed by atoms with Gasteiger partial charge in [0.25, 0.3) is 0 Å². The number of hydrazine groups is 1. The van der Waals surface area contributed by atoms with Crippen molar-refractivity contribution in [3.63, 3.8) is 0 Å². The minimum Gasteiger partial charge on any atom is -0.497 e. The standard InChI is InChI=1S/C22H28N4O3/c1-28-16-7-3-5-14(11-16)20(15-6-4-8-17(12-15)29-2)24-22(27)21-18-13-23-10-9-19(18)25-26-21/h3-8,11-12,18-21,23,25-26H,9-10,13H2,1-2H3,(H,24,27). The van der Waals surface area contributed by atoms with Gasteiger partial charge in [-0.2, -0.15) is 0 Å². The molecule has 1 amide bonds. The van der Waals surface area contributed by atoms with E-state index in [4.69, 9.17) is 9.47 Å². The van der Waals surface area contributed by atoms with Gasteiger partial charge in [-0.3, -0.25) is 10.2 Å². The molecule has 2 saturated heterocycles. The molecule has 7 heteroatoms. The summed E-state index contributed by atoms with van der Waals surface area (Å²) in [7, 11) is 3.28. The van der Waals surface area contributed by atoms with Crippen LogP contribution >= 0.6 is 0 Å². The zero-order chi connectivity index (χ0) is 20.2. The van der Waals surface area contributed by atoms with E-state index in [0.29, 0.717) is 6.04 Å². The van der Waals surface area contributed by atoms with Crippen molar-refractivity contribution in [2.24, 2.45) is 5.92 Å². The van der Waals surface area contributed by atoms with Crippen molar-refractivity contribution in [3.8, 4) is 11.5 Å².